The van der Waals surface area contributed by atoms with E-state index in [1.165, 1.54) is 0 Å². The van der Waals surface area contributed by atoms with E-state index in [0.29, 0.717) is 5.92 Å². The van der Waals surface area contributed by atoms with E-state index in [1.54, 1.807) is 0 Å². The van der Waals surface area contributed by atoms with E-state index in [1.807, 2.05) is 30.8 Å². The van der Waals surface area contributed by atoms with Gasteiger partial charge in [-0.15, -0.1) is 11.6 Å². The number of thioether (sulfide) groups is 1. The Morgan fingerprint density at radius 3 is 2.79 bits per heavy atom. The quantitative estimate of drug-likeness (QED) is 0.690. The Balaban J connectivity index is 2.47. The summed E-state index contributed by atoms with van der Waals surface area (Å²) in [5, 5.41) is -0.0762. The van der Waals surface area contributed by atoms with Crippen LogP contribution in [-0.4, -0.2) is 21.6 Å². The van der Waals surface area contributed by atoms with Gasteiger partial charge in [-0.3, -0.25) is 0 Å². The molecule has 0 spiro atoms. The lowest BCUT2D eigenvalue weighted by Gasteiger charge is -2.15. The standard InChI is InChI=1S/C14H18BrClN2S/c1-9(8-19-3)7-18-13-6-11(15)4-5-12(13)17-14(18)10(2)16/h4-6,9-10H,7-8H2,1-3H3. The molecule has 0 aliphatic heterocycles. The van der Waals surface area contributed by atoms with Crippen LogP contribution in [0.4, 0.5) is 0 Å². The van der Waals surface area contributed by atoms with Gasteiger partial charge < -0.3 is 4.57 Å². The van der Waals surface area contributed by atoms with Gasteiger partial charge in [-0.1, -0.05) is 22.9 Å². The molecule has 2 nitrogen and oxygen atoms in total. The number of nitrogens with zero attached hydrogens (tertiary/aromatic N) is 2. The lowest BCUT2D eigenvalue weighted by atomic mass is 10.2. The molecule has 0 saturated heterocycles. The number of aromatic nitrogens is 2. The molecular weight excluding hydrogens is 344 g/mol. The van der Waals surface area contributed by atoms with Gasteiger partial charge in [0.25, 0.3) is 0 Å². The minimum atomic E-state index is -0.0762. The van der Waals surface area contributed by atoms with Crippen LogP contribution in [0, 0.1) is 5.92 Å². The average Bonchev–Trinajstić information content (AvgIpc) is 2.68. The van der Waals surface area contributed by atoms with Crippen molar-refractivity contribution in [2.45, 2.75) is 25.8 Å². The molecule has 0 N–H and O–H groups in total. The summed E-state index contributed by atoms with van der Waals surface area (Å²) in [6.07, 6.45) is 2.14. The van der Waals surface area contributed by atoms with E-state index >= 15 is 0 Å². The van der Waals surface area contributed by atoms with Gasteiger partial charge in [0.05, 0.1) is 16.4 Å². The Kier molecular flexibility index (Phi) is 5.21. The zero-order valence-electron chi connectivity index (χ0n) is 11.4. The molecule has 1 aromatic carbocycles. The minimum Gasteiger partial charge on any atom is -0.326 e. The second-order valence-electron chi connectivity index (χ2n) is 4.89. The smallest absolute Gasteiger partial charge is 0.127 e. The summed E-state index contributed by atoms with van der Waals surface area (Å²) < 4.78 is 3.34. The van der Waals surface area contributed by atoms with Crippen LogP contribution in [-0.2, 0) is 6.54 Å². The zero-order chi connectivity index (χ0) is 14.0. The Morgan fingerprint density at radius 2 is 2.16 bits per heavy atom. The van der Waals surface area contributed by atoms with Crippen LogP contribution < -0.4 is 0 Å². The van der Waals surface area contributed by atoms with E-state index in [-0.39, 0.29) is 5.38 Å². The van der Waals surface area contributed by atoms with E-state index < -0.39 is 0 Å². The predicted molar refractivity (Wildman–Crippen MR) is 89.2 cm³/mol. The van der Waals surface area contributed by atoms with Crippen LogP contribution >= 0.6 is 39.3 Å². The third kappa shape index (κ3) is 3.47. The fraction of sp³-hybridized carbons (Fsp3) is 0.500. The number of hydrogen-bond donors (Lipinski definition) is 0. The summed E-state index contributed by atoms with van der Waals surface area (Å²) in [7, 11) is 0. The van der Waals surface area contributed by atoms with Crippen LogP contribution in [0.25, 0.3) is 11.0 Å². The first-order valence-electron chi connectivity index (χ1n) is 6.31. The molecular formula is C14H18BrClN2S. The van der Waals surface area contributed by atoms with Crippen molar-refractivity contribution < 1.29 is 0 Å². The first-order valence-corrected chi connectivity index (χ1v) is 8.94. The summed E-state index contributed by atoms with van der Waals surface area (Å²) in [6.45, 7) is 5.21. The highest BCUT2D eigenvalue weighted by Crippen LogP contribution is 2.27. The zero-order valence-corrected chi connectivity index (χ0v) is 14.5. The summed E-state index contributed by atoms with van der Waals surface area (Å²) in [5.41, 5.74) is 2.17. The Hall–Kier alpha value is -0.190. The van der Waals surface area contributed by atoms with Gasteiger partial charge in [0.2, 0.25) is 0 Å². The van der Waals surface area contributed by atoms with Crippen molar-refractivity contribution in [2.24, 2.45) is 5.92 Å². The van der Waals surface area contributed by atoms with E-state index in [0.717, 1.165) is 33.6 Å². The van der Waals surface area contributed by atoms with E-state index in [2.05, 4.69) is 44.7 Å². The second kappa shape index (κ2) is 6.51. The molecule has 5 heteroatoms. The van der Waals surface area contributed by atoms with Crippen molar-refractivity contribution in [1.82, 2.24) is 9.55 Å². The summed E-state index contributed by atoms with van der Waals surface area (Å²) in [5.74, 6) is 2.70. The molecule has 0 bridgehead atoms. The van der Waals surface area contributed by atoms with Crippen molar-refractivity contribution >= 4 is 50.3 Å². The number of halogens is 2. The van der Waals surface area contributed by atoms with Gasteiger partial charge in [-0.2, -0.15) is 11.8 Å². The second-order valence-corrected chi connectivity index (χ2v) is 7.37. The fourth-order valence-corrected chi connectivity index (χ4v) is 3.45. The van der Waals surface area contributed by atoms with Crippen LogP contribution in [0.15, 0.2) is 22.7 Å². The topological polar surface area (TPSA) is 17.8 Å². The first kappa shape index (κ1) is 15.2. The van der Waals surface area contributed by atoms with E-state index in [9.17, 15) is 0 Å². The molecule has 1 heterocycles. The third-order valence-electron chi connectivity index (χ3n) is 3.04. The number of fused-ring (bicyclic) bond motifs is 1. The predicted octanol–water partition coefficient (Wildman–Crippen LogP) is 5.10. The van der Waals surface area contributed by atoms with Gasteiger partial charge in [-0.05, 0) is 43.0 Å². The molecule has 2 rings (SSSR count). The molecule has 104 valence electrons. The van der Waals surface area contributed by atoms with Gasteiger partial charge in [-0.25, -0.2) is 4.98 Å². The summed E-state index contributed by atoms with van der Waals surface area (Å²) in [4.78, 5) is 4.67. The number of hydrogen-bond acceptors (Lipinski definition) is 2. The van der Waals surface area contributed by atoms with Gasteiger partial charge in [0.1, 0.15) is 5.82 Å². The largest absolute Gasteiger partial charge is 0.326 e. The molecule has 2 atom stereocenters. The maximum absolute atomic E-state index is 6.28. The monoisotopic (exact) mass is 360 g/mol. The number of rotatable bonds is 5. The molecule has 0 saturated carbocycles. The maximum Gasteiger partial charge on any atom is 0.127 e. The summed E-state index contributed by atoms with van der Waals surface area (Å²) in [6, 6.07) is 6.18. The Labute approximate surface area is 132 Å². The fourth-order valence-electron chi connectivity index (χ4n) is 2.26. The lowest BCUT2D eigenvalue weighted by Crippen LogP contribution is -2.13. The van der Waals surface area contributed by atoms with Crippen LogP contribution in [0.5, 0.6) is 0 Å². The van der Waals surface area contributed by atoms with Gasteiger partial charge in [0.15, 0.2) is 0 Å². The number of benzene rings is 1. The number of imidazole rings is 1. The highest BCUT2D eigenvalue weighted by Gasteiger charge is 2.16. The van der Waals surface area contributed by atoms with E-state index in [4.69, 9.17) is 11.6 Å². The molecule has 19 heavy (non-hydrogen) atoms. The highest BCUT2D eigenvalue weighted by molar-refractivity contribution is 9.10. The summed E-state index contributed by atoms with van der Waals surface area (Å²) >= 11 is 11.7. The SMILES string of the molecule is CSCC(C)Cn1c(C(C)Cl)nc2ccc(Br)cc21. The van der Waals surface area contributed by atoms with Crippen molar-refractivity contribution in [2.75, 3.05) is 12.0 Å². The number of alkyl halides is 1. The van der Waals surface area contributed by atoms with Crippen molar-refractivity contribution in [1.29, 1.82) is 0 Å². The Bertz CT molecular complexity index is 568. The molecule has 2 aromatic rings. The third-order valence-corrected chi connectivity index (χ3v) is 4.63. The molecule has 2 unspecified atom stereocenters. The van der Waals surface area contributed by atoms with Crippen LogP contribution in [0.2, 0.25) is 0 Å². The molecule has 0 radical (unpaired) electrons. The molecule has 0 aliphatic rings. The first-order chi connectivity index (χ1) is 9.02. The van der Waals surface area contributed by atoms with Gasteiger partial charge in [0, 0.05) is 11.0 Å². The molecule has 1 aromatic heterocycles. The average molecular weight is 362 g/mol. The minimum absolute atomic E-state index is 0.0762. The van der Waals surface area contributed by atoms with Crippen molar-refractivity contribution in [3.05, 3.63) is 28.5 Å². The maximum atomic E-state index is 6.28. The van der Waals surface area contributed by atoms with Crippen molar-refractivity contribution in [3.8, 4) is 0 Å². The Morgan fingerprint density at radius 1 is 1.42 bits per heavy atom. The highest BCUT2D eigenvalue weighted by atomic mass is 79.9. The molecule has 0 aliphatic carbocycles. The molecule has 0 fully saturated rings. The van der Waals surface area contributed by atoms with Crippen LogP contribution in [0.3, 0.4) is 0 Å². The van der Waals surface area contributed by atoms with Crippen LogP contribution in [0.1, 0.15) is 25.0 Å². The van der Waals surface area contributed by atoms with Gasteiger partial charge >= 0.3 is 0 Å². The van der Waals surface area contributed by atoms with Crippen molar-refractivity contribution in [3.63, 3.8) is 0 Å². The molecule has 0 amide bonds. The lowest BCUT2D eigenvalue weighted by molar-refractivity contribution is 0.524. The normalized spacial score (nSPS) is 14.8.